The minimum atomic E-state index is -4.54. The topological polar surface area (TPSA) is 96.1 Å². The Morgan fingerprint density at radius 3 is 2.55 bits per heavy atom. The van der Waals surface area contributed by atoms with Crippen LogP contribution in [-0.4, -0.2) is 40.0 Å². The summed E-state index contributed by atoms with van der Waals surface area (Å²) in [5.74, 6) is 0. The molecule has 0 aromatic carbocycles. The highest BCUT2D eigenvalue weighted by molar-refractivity contribution is 6.34. The number of carbonyl (C=O) groups is 1. The Labute approximate surface area is 174 Å². The number of alkyl halides is 3. The van der Waals surface area contributed by atoms with E-state index in [9.17, 15) is 27.6 Å². The van der Waals surface area contributed by atoms with E-state index >= 15 is 0 Å². The van der Waals surface area contributed by atoms with Gasteiger partial charge in [0.15, 0.2) is 0 Å². The molecule has 0 amide bonds. The highest BCUT2D eigenvalue weighted by atomic mass is 19.4. The van der Waals surface area contributed by atoms with Crippen molar-refractivity contribution in [2.45, 2.75) is 25.6 Å². The first-order valence-electron chi connectivity index (χ1n) is 9.30. The lowest BCUT2D eigenvalue weighted by atomic mass is 9.87. The summed E-state index contributed by atoms with van der Waals surface area (Å²) in [6.45, 7) is 0.364. The molecule has 3 heterocycles. The number of hydrogen-bond donors (Lipinski definition) is 0. The number of fused-ring (bicyclic) bond motifs is 1. The highest BCUT2D eigenvalue weighted by Crippen LogP contribution is 2.27. The van der Waals surface area contributed by atoms with Crippen molar-refractivity contribution in [1.29, 1.82) is 0 Å². The number of hydrogen-bond acceptors (Lipinski definition) is 6. The van der Waals surface area contributed by atoms with E-state index in [4.69, 9.17) is 0 Å². The molecule has 31 heavy (non-hydrogen) atoms. The molecule has 0 unspecified atom stereocenters. The molecule has 0 N–H and O–H groups in total. The fraction of sp³-hybridized carbons (Fsp3) is 0.316. The Morgan fingerprint density at radius 1 is 1.19 bits per heavy atom. The van der Waals surface area contributed by atoms with Crippen LogP contribution >= 0.6 is 0 Å². The number of aromatic nitrogens is 4. The van der Waals surface area contributed by atoms with Gasteiger partial charge in [-0.3, -0.25) is 23.7 Å². The minimum absolute atomic E-state index is 0.0322. The summed E-state index contributed by atoms with van der Waals surface area (Å²) in [5, 5.41) is 0.207. The molecule has 0 spiro atoms. The molecule has 12 heteroatoms. The molecule has 0 saturated heterocycles. The summed E-state index contributed by atoms with van der Waals surface area (Å²) >= 11 is 0. The standard InChI is InChI=1S/C19H18BF3N4O4/c1-26-16-15(17(29)27(18(26)30)5-2-6-31-10-28)12(13(20)9-25-16)7-11-3-4-14(24-8-11)19(21,22)23/h3-4,8-10H,2,5-7,20H2,1H3. The molecule has 162 valence electrons. The first kappa shape index (κ1) is 22.3. The maximum atomic E-state index is 13.1. The Hall–Kier alpha value is -3.44. The number of ether oxygens (including phenoxy) is 1. The van der Waals surface area contributed by atoms with Crippen molar-refractivity contribution in [3.05, 3.63) is 62.2 Å². The number of carbonyl (C=O) groups excluding carboxylic acids is 1. The Bertz CT molecular complexity index is 1240. The predicted molar refractivity (Wildman–Crippen MR) is 108 cm³/mol. The SMILES string of the molecule is Bc1cnc2c(c1Cc1ccc(C(F)(F)F)nc1)c(=O)n(CCCOC=O)c(=O)n2C. The fourth-order valence-corrected chi connectivity index (χ4v) is 3.29. The van der Waals surface area contributed by atoms with E-state index in [0.717, 1.165) is 16.8 Å². The van der Waals surface area contributed by atoms with Gasteiger partial charge in [0.05, 0.1) is 12.0 Å². The van der Waals surface area contributed by atoms with Gasteiger partial charge in [-0.25, -0.2) is 9.78 Å². The van der Waals surface area contributed by atoms with Crippen molar-refractivity contribution in [2.75, 3.05) is 6.61 Å². The van der Waals surface area contributed by atoms with E-state index < -0.39 is 23.1 Å². The van der Waals surface area contributed by atoms with Gasteiger partial charge >= 0.3 is 11.9 Å². The molecule has 0 saturated carbocycles. The first-order valence-corrected chi connectivity index (χ1v) is 9.30. The van der Waals surface area contributed by atoms with Crippen molar-refractivity contribution in [3.8, 4) is 0 Å². The Kier molecular flexibility index (Phi) is 6.28. The van der Waals surface area contributed by atoms with Gasteiger partial charge in [-0.05, 0) is 30.0 Å². The number of halogens is 3. The largest absolute Gasteiger partial charge is 0.468 e. The van der Waals surface area contributed by atoms with Gasteiger partial charge in [-0.2, -0.15) is 13.2 Å². The molecule has 0 bridgehead atoms. The van der Waals surface area contributed by atoms with Crippen molar-refractivity contribution in [3.63, 3.8) is 0 Å². The van der Waals surface area contributed by atoms with Crippen LogP contribution in [-0.2, 0) is 35.7 Å². The van der Waals surface area contributed by atoms with Crippen LogP contribution in [0.1, 0.15) is 23.2 Å². The molecule has 0 fully saturated rings. The highest BCUT2D eigenvalue weighted by Gasteiger charge is 2.32. The molecule has 3 rings (SSSR count). The van der Waals surface area contributed by atoms with E-state index in [1.54, 1.807) is 7.85 Å². The minimum Gasteiger partial charge on any atom is -0.468 e. The van der Waals surface area contributed by atoms with Crippen LogP contribution in [0.4, 0.5) is 13.2 Å². The van der Waals surface area contributed by atoms with Gasteiger partial charge in [0.2, 0.25) is 0 Å². The van der Waals surface area contributed by atoms with Crippen molar-refractivity contribution in [1.82, 2.24) is 19.1 Å². The lowest BCUT2D eigenvalue weighted by Gasteiger charge is -2.15. The second-order valence-electron chi connectivity index (χ2n) is 6.96. The van der Waals surface area contributed by atoms with Crippen LogP contribution in [0.25, 0.3) is 11.0 Å². The molecule has 3 aromatic heterocycles. The van der Waals surface area contributed by atoms with E-state index in [0.29, 0.717) is 16.6 Å². The summed E-state index contributed by atoms with van der Waals surface area (Å²) < 4.78 is 45.2. The van der Waals surface area contributed by atoms with Crippen LogP contribution in [0.2, 0.25) is 0 Å². The zero-order valence-corrected chi connectivity index (χ0v) is 16.8. The van der Waals surface area contributed by atoms with Gasteiger partial charge in [0.25, 0.3) is 12.0 Å². The normalized spacial score (nSPS) is 11.6. The number of pyridine rings is 2. The molecule has 0 aliphatic heterocycles. The second kappa shape index (κ2) is 8.74. The Balaban J connectivity index is 2.10. The van der Waals surface area contributed by atoms with E-state index in [-0.39, 0.29) is 43.5 Å². The smallest absolute Gasteiger partial charge is 0.433 e. The van der Waals surface area contributed by atoms with Crippen molar-refractivity contribution in [2.24, 2.45) is 7.05 Å². The third-order valence-corrected chi connectivity index (χ3v) is 4.88. The van der Waals surface area contributed by atoms with Crippen molar-refractivity contribution < 1.29 is 22.7 Å². The van der Waals surface area contributed by atoms with Gasteiger partial charge in [0, 0.05) is 26.0 Å². The average Bonchev–Trinajstić information content (AvgIpc) is 2.72. The zero-order valence-electron chi connectivity index (χ0n) is 16.8. The number of aryl methyl sites for hydroxylation is 1. The molecular formula is C19H18BF3N4O4. The van der Waals surface area contributed by atoms with Crippen LogP contribution in [0, 0.1) is 0 Å². The van der Waals surface area contributed by atoms with Crippen LogP contribution in [0.15, 0.2) is 34.1 Å². The monoisotopic (exact) mass is 434 g/mol. The molecular weight excluding hydrogens is 416 g/mol. The van der Waals surface area contributed by atoms with Gasteiger partial charge in [-0.1, -0.05) is 11.5 Å². The molecule has 0 aliphatic carbocycles. The summed E-state index contributed by atoms with van der Waals surface area (Å²) in [6.07, 6.45) is -1.52. The van der Waals surface area contributed by atoms with E-state index in [2.05, 4.69) is 14.7 Å². The van der Waals surface area contributed by atoms with Gasteiger partial charge in [-0.15, -0.1) is 0 Å². The van der Waals surface area contributed by atoms with Gasteiger partial charge in [0.1, 0.15) is 19.2 Å². The predicted octanol–water partition coefficient (Wildman–Crippen LogP) is -0.0787. The number of rotatable bonds is 7. The maximum absolute atomic E-state index is 13.1. The summed E-state index contributed by atoms with van der Waals surface area (Å²) in [6, 6.07) is 2.19. The maximum Gasteiger partial charge on any atom is 0.433 e. The lowest BCUT2D eigenvalue weighted by molar-refractivity contribution is -0.141. The zero-order chi connectivity index (χ0) is 22.8. The van der Waals surface area contributed by atoms with E-state index in [1.807, 2.05) is 0 Å². The number of nitrogens with zero attached hydrogens (tertiary/aromatic N) is 4. The summed E-state index contributed by atoms with van der Waals surface area (Å²) in [5.41, 5.74) is -0.282. The average molecular weight is 434 g/mol. The summed E-state index contributed by atoms with van der Waals surface area (Å²) in [7, 11) is 3.21. The second-order valence-corrected chi connectivity index (χ2v) is 6.96. The van der Waals surface area contributed by atoms with Crippen LogP contribution < -0.4 is 16.7 Å². The fourth-order valence-electron chi connectivity index (χ4n) is 3.29. The third-order valence-electron chi connectivity index (χ3n) is 4.88. The van der Waals surface area contributed by atoms with Gasteiger partial charge < -0.3 is 4.74 Å². The summed E-state index contributed by atoms with van der Waals surface area (Å²) in [4.78, 5) is 43.7. The molecule has 0 atom stereocenters. The molecule has 0 radical (unpaired) electrons. The lowest BCUT2D eigenvalue weighted by Crippen LogP contribution is -2.40. The quantitative estimate of drug-likeness (QED) is 0.293. The molecule has 0 aliphatic rings. The van der Waals surface area contributed by atoms with Crippen LogP contribution in [0.5, 0.6) is 0 Å². The molecule has 8 nitrogen and oxygen atoms in total. The Morgan fingerprint density at radius 2 is 1.94 bits per heavy atom. The van der Waals surface area contributed by atoms with E-state index in [1.165, 1.54) is 23.9 Å². The first-order chi connectivity index (χ1) is 14.6. The van der Waals surface area contributed by atoms with Crippen molar-refractivity contribution >= 4 is 30.8 Å². The molecule has 3 aromatic rings. The van der Waals surface area contributed by atoms with Crippen LogP contribution in [0.3, 0.4) is 0 Å². The third kappa shape index (κ3) is 4.52.